The quantitative estimate of drug-likeness (QED) is 0.596. The van der Waals surface area contributed by atoms with E-state index in [0.29, 0.717) is 15.7 Å². The summed E-state index contributed by atoms with van der Waals surface area (Å²) in [7, 11) is -3.82. The number of rotatable bonds is 5. The van der Waals surface area contributed by atoms with Gasteiger partial charge in [0.15, 0.2) is 0 Å². The highest BCUT2D eigenvalue weighted by Crippen LogP contribution is 2.21. The van der Waals surface area contributed by atoms with E-state index < -0.39 is 15.8 Å². The third kappa shape index (κ3) is 4.72. The van der Waals surface area contributed by atoms with Crippen LogP contribution in [0.4, 0.5) is 15.8 Å². The van der Waals surface area contributed by atoms with E-state index in [1.54, 1.807) is 24.3 Å². The standard InChI is InChI=1S/C19H14BrFN2O3S/c20-18-4-2-1-3-17(18)19(24)22-14-9-11-16(12-10-14)27(25,26)23-15-7-5-13(21)6-8-15/h1-12,23H,(H,22,24). The fourth-order valence-electron chi connectivity index (χ4n) is 2.29. The summed E-state index contributed by atoms with van der Waals surface area (Å²) in [6.45, 7) is 0. The van der Waals surface area contributed by atoms with Crippen LogP contribution in [0, 0.1) is 5.82 Å². The van der Waals surface area contributed by atoms with Gasteiger partial charge < -0.3 is 5.32 Å². The number of nitrogens with one attached hydrogen (secondary N) is 2. The smallest absolute Gasteiger partial charge is 0.261 e. The lowest BCUT2D eigenvalue weighted by Gasteiger charge is -2.10. The number of anilines is 2. The average molecular weight is 449 g/mol. The highest BCUT2D eigenvalue weighted by atomic mass is 79.9. The molecule has 0 heterocycles. The maximum absolute atomic E-state index is 12.9. The summed E-state index contributed by atoms with van der Waals surface area (Å²) < 4.78 is 40.7. The third-order valence-electron chi connectivity index (χ3n) is 3.64. The van der Waals surface area contributed by atoms with Gasteiger partial charge in [0.25, 0.3) is 15.9 Å². The number of hydrogen-bond donors (Lipinski definition) is 2. The molecule has 0 atom stereocenters. The van der Waals surface area contributed by atoms with E-state index in [-0.39, 0.29) is 16.5 Å². The summed E-state index contributed by atoms with van der Waals surface area (Å²) in [6, 6.07) is 17.7. The summed E-state index contributed by atoms with van der Waals surface area (Å²) in [5.41, 5.74) is 1.17. The van der Waals surface area contributed by atoms with E-state index in [1.165, 1.54) is 36.4 Å². The van der Waals surface area contributed by atoms with Crippen LogP contribution < -0.4 is 10.0 Å². The van der Waals surface area contributed by atoms with Gasteiger partial charge >= 0.3 is 0 Å². The van der Waals surface area contributed by atoms with Crippen molar-refractivity contribution in [1.82, 2.24) is 0 Å². The number of carbonyl (C=O) groups excluding carboxylic acids is 1. The summed E-state index contributed by atoms with van der Waals surface area (Å²) in [6.07, 6.45) is 0. The number of sulfonamides is 1. The van der Waals surface area contributed by atoms with Crippen LogP contribution in [-0.2, 0) is 10.0 Å². The minimum Gasteiger partial charge on any atom is -0.322 e. The van der Waals surface area contributed by atoms with Crippen molar-refractivity contribution in [3.05, 3.63) is 88.6 Å². The molecule has 27 heavy (non-hydrogen) atoms. The Bertz CT molecular complexity index is 1070. The number of benzene rings is 3. The Morgan fingerprint density at radius 2 is 1.44 bits per heavy atom. The molecule has 2 N–H and O–H groups in total. The predicted molar refractivity (Wildman–Crippen MR) is 106 cm³/mol. The van der Waals surface area contributed by atoms with Crippen molar-refractivity contribution in [2.75, 3.05) is 10.0 Å². The second-order valence-electron chi connectivity index (χ2n) is 5.57. The van der Waals surface area contributed by atoms with Gasteiger partial charge in [-0.2, -0.15) is 0 Å². The Morgan fingerprint density at radius 1 is 0.852 bits per heavy atom. The van der Waals surface area contributed by atoms with Gasteiger partial charge in [-0.25, -0.2) is 12.8 Å². The van der Waals surface area contributed by atoms with Crippen LogP contribution >= 0.6 is 15.9 Å². The van der Waals surface area contributed by atoms with Gasteiger partial charge in [0.1, 0.15) is 5.82 Å². The fraction of sp³-hybridized carbons (Fsp3) is 0. The first-order chi connectivity index (χ1) is 12.8. The summed E-state index contributed by atoms with van der Waals surface area (Å²) in [5.74, 6) is -0.773. The molecule has 1 amide bonds. The molecule has 0 radical (unpaired) electrons. The first-order valence-corrected chi connectivity index (χ1v) is 10.1. The second-order valence-corrected chi connectivity index (χ2v) is 8.11. The van der Waals surface area contributed by atoms with Crippen LogP contribution in [0.25, 0.3) is 0 Å². The number of halogens is 2. The van der Waals surface area contributed by atoms with Crippen LogP contribution in [0.1, 0.15) is 10.4 Å². The van der Waals surface area contributed by atoms with Crippen molar-refractivity contribution in [2.24, 2.45) is 0 Å². The zero-order chi connectivity index (χ0) is 19.4. The average Bonchev–Trinajstić information content (AvgIpc) is 2.64. The maximum atomic E-state index is 12.9. The third-order valence-corrected chi connectivity index (χ3v) is 5.73. The normalized spacial score (nSPS) is 11.0. The molecular weight excluding hydrogens is 435 g/mol. The molecule has 0 unspecified atom stereocenters. The van der Waals surface area contributed by atoms with Gasteiger partial charge in [-0.15, -0.1) is 0 Å². The Hall–Kier alpha value is -2.71. The number of amides is 1. The monoisotopic (exact) mass is 448 g/mol. The minimum atomic E-state index is -3.82. The molecule has 0 saturated carbocycles. The van der Waals surface area contributed by atoms with Crippen LogP contribution in [-0.4, -0.2) is 14.3 Å². The van der Waals surface area contributed by atoms with E-state index in [4.69, 9.17) is 0 Å². The van der Waals surface area contributed by atoms with Crippen molar-refractivity contribution in [2.45, 2.75) is 4.90 Å². The number of hydrogen-bond acceptors (Lipinski definition) is 3. The van der Waals surface area contributed by atoms with Gasteiger partial charge in [-0.3, -0.25) is 9.52 Å². The molecule has 0 aliphatic carbocycles. The van der Waals surface area contributed by atoms with Gasteiger partial charge in [-0.1, -0.05) is 12.1 Å². The zero-order valence-corrected chi connectivity index (χ0v) is 16.2. The summed E-state index contributed by atoms with van der Waals surface area (Å²) in [4.78, 5) is 12.3. The molecule has 0 aromatic heterocycles. The van der Waals surface area contributed by atoms with Crippen molar-refractivity contribution in [3.8, 4) is 0 Å². The van der Waals surface area contributed by atoms with E-state index in [2.05, 4.69) is 26.0 Å². The van der Waals surface area contributed by atoms with Crippen LogP contribution in [0.5, 0.6) is 0 Å². The lowest BCUT2D eigenvalue weighted by molar-refractivity contribution is 0.102. The predicted octanol–water partition coefficient (Wildman–Crippen LogP) is 4.64. The minimum absolute atomic E-state index is 0.0192. The van der Waals surface area contributed by atoms with Gasteiger partial charge in [0.05, 0.1) is 10.5 Å². The molecule has 8 heteroatoms. The van der Waals surface area contributed by atoms with Gasteiger partial charge in [0, 0.05) is 15.8 Å². The Labute approximate surface area is 164 Å². The summed E-state index contributed by atoms with van der Waals surface area (Å²) >= 11 is 3.31. The van der Waals surface area contributed by atoms with E-state index in [0.717, 1.165) is 12.1 Å². The Kier molecular flexibility index (Phi) is 5.57. The molecule has 138 valence electrons. The number of carbonyl (C=O) groups is 1. The topological polar surface area (TPSA) is 75.3 Å². The zero-order valence-electron chi connectivity index (χ0n) is 13.8. The molecule has 3 aromatic rings. The molecule has 0 saturated heterocycles. The molecule has 3 aromatic carbocycles. The Morgan fingerprint density at radius 3 is 2.07 bits per heavy atom. The molecule has 0 bridgehead atoms. The van der Waals surface area contributed by atoms with Crippen molar-refractivity contribution >= 4 is 43.2 Å². The molecule has 5 nitrogen and oxygen atoms in total. The first kappa shape index (κ1) is 19.1. The van der Waals surface area contributed by atoms with Crippen LogP contribution in [0.15, 0.2) is 82.2 Å². The van der Waals surface area contributed by atoms with Crippen LogP contribution in [0.2, 0.25) is 0 Å². The van der Waals surface area contributed by atoms with E-state index in [1.807, 2.05) is 0 Å². The molecule has 0 aliphatic heterocycles. The van der Waals surface area contributed by atoms with Gasteiger partial charge in [-0.05, 0) is 76.6 Å². The molecule has 0 fully saturated rings. The van der Waals surface area contributed by atoms with E-state index >= 15 is 0 Å². The maximum Gasteiger partial charge on any atom is 0.261 e. The largest absolute Gasteiger partial charge is 0.322 e. The SMILES string of the molecule is O=C(Nc1ccc(S(=O)(=O)Nc2ccc(F)cc2)cc1)c1ccccc1Br. The Balaban J connectivity index is 1.73. The molecule has 0 spiro atoms. The van der Waals surface area contributed by atoms with Crippen molar-refractivity contribution in [1.29, 1.82) is 0 Å². The van der Waals surface area contributed by atoms with Crippen molar-refractivity contribution in [3.63, 3.8) is 0 Å². The first-order valence-electron chi connectivity index (χ1n) is 7.79. The molecular formula is C19H14BrFN2O3S. The fourth-order valence-corrected chi connectivity index (χ4v) is 3.82. The van der Waals surface area contributed by atoms with E-state index in [9.17, 15) is 17.6 Å². The highest BCUT2D eigenvalue weighted by molar-refractivity contribution is 9.10. The summed E-state index contributed by atoms with van der Waals surface area (Å²) in [5, 5.41) is 2.71. The highest BCUT2D eigenvalue weighted by Gasteiger charge is 2.15. The second kappa shape index (κ2) is 7.89. The lowest BCUT2D eigenvalue weighted by Crippen LogP contribution is -2.14. The molecule has 0 aliphatic rings. The lowest BCUT2D eigenvalue weighted by atomic mass is 10.2. The van der Waals surface area contributed by atoms with Crippen LogP contribution in [0.3, 0.4) is 0 Å². The van der Waals surface area contributed by atoms with Gasteiger partial charge in [0.2, 0.25) is 0 Å². The van der Waals surface area contributed by atoms with Crippen molar-refractivity contribution < 1.29 is 17.6 Å². The molecule has 3 rings (SSSR count).